The Balaban J connectivity index is 2.32. The quantitative estimate of drug-likeness (QED) is 0.866. The van der Waals surface area contributed by atoms with Crippen LogP contribution < -0.4 is 14.2 Å². The van der Waals surface area contributed by atoms with Crippen molar-refractivity contribution in [2.24, 2.45) is 0 Å². The summed E-state index contributed by atoms with van der Waals surface area (Å²) in [7, 11) is 1.55. The Morgan fingerprint density at radius 1 is 1.21 bits per heavy atom. The Kier molecular flexibility index (Phi) is 3.36. The third-order valence-corrected chi connectivity index (χ3v) is 3.58. The van der Waals surface area contributed by atoms with E-state index in [-0.39, 0.29) is 13.2 Å². The van der Waals surface area contributed by atoms with E-state index < -0.39 is 11.2 Å². The predicted octanol–water partition coefficient (Wildman–Crippen LogP) is 1.49. The van der Waals surface area contributed by atoms with Crippen LogP contribution in [0.2, 0.25) is 0 Å². The van der Waals surface area contributed by atoms with E-state index in [9.17, 15) is 10.2 Å². The predicted molar refractivity (Wildman–Crippen MR) is 69.7 cm³/mol. The number of fused-ring (bicyclic) bond motifs is 1. The highest BCUT2D eigenvalue weighted by Gasteiger charge is 2.38. The van der Waals surface area contributed by atoms with Gasteiger partial charge in [0.1, 0.15) is 0 Å². The minimum Gasteiger partial charge on any atom is -0.493 e. The van der Waals surface area contributed by atoms with Crippen molar-refractivity contribution in [3.63, 3.8) is 0 Å². The SMILES string of the molecule is COc1cc(CC(C)(O)C(C)(C)O)cc2c1OCO2. The molecule has 5 nitrogen and oxygen atoms in total. The van der Waals surface area contributed by atoms with Gasteiger partial charge in [-0.15, -0.1) is 0 Å². The molecule has 2 rings (SSSR count). The van der Waals surface area contributed by atoms with Crippen molar-refractivity contribution in [3.05, 3.63) is 17.7 Å². The smallest absolute Gasteiger partial charge is 0.231 e. The molecule has 19 heavy (non-hydrogen) atoms. The van der Waals surface area contributed by atoms with Gasteiger partial charge in [-0.05, 0) is 38.5 Å². The maximum Gasteiger partial charge on any atom is 0.231 e. The van der Waals surface area contributed by atoms with Gasteiger partial charge < -0.3 is 24.4 Å². The second-order valence-corrected chi connectivity index (χ2v) is 5.54. The molecule has 0 fully saturated rings. The molecular weight excluding hydrogens is 248 g/mol. The molecule has 0 aliphatic carbocycles. The minimum absolute atomic E-state index is 0.164. The highest BCUT2D eigenvalue weighted by molar-refractivity contribution is 5.55. The molecule has 1 aromatic rings. The average Bonchev–Trinajstić information content (AvgIpc) is 2.73. The number of aliphatic hydroxyl groups is 2. The summed E-state index contributed by atoms with van der Waals surface area (Å²) in [5.41, 5.74) is -1.66. The van der Waals surface area contributed by atoms with Gasteiger partial charge in [-0.2, -0.15) is 0 Å². The molecule has 0 amide bonds. The van der Waals surface area contributed by atoms with E-state index in [2.05, 4.69) is 0 Å². The van der Waals surface area contributed by atoms with Gasteiger partial charge in [-0.25, -0.2) is 0 Å². The van der Waals surface area contributed by atoms with Crippen LogP contribution in [-0.2, 0) is 6.42 Å². The summed E-state index contributed by atoms with van der Waals surface area (Å²) in [6.45, 7) is 4.93. The van der Waals surface area contributed by atoms with Gasteiger partial charge in [-0.3, -0.25) is 0 Å². The van der Waals surface area contributed by atoms with Gasteiger partial charge in [0.25, 0.3) is 0 Å². The molecule has 0 radical (unpaired) electrons. The summed E-state index contributed by atoms with van der Waals surface area (Å²) in [6, 6.07) is 3.58. The van der Waals surface area contributed by atoms with Crippen molar-refractivity contribution in [2.75, 3.05) is 13.9 Å². The van der Waals surface area contributed by atoms with Gasteiger partial charge in [0, 0.05) is 6.42 Å². The first-order valence-electron chi connectivity index (χ1n) is 6.16. The fourth-order valence-electron chi connectivity index (χ4n) is 1.90. The highest BCUT2D eigenvalue weighted by Crippen LogP contribution is 2.42. The molecule has 0 bridgehead atoms. The van der Waals surface area contributed by atoms with E-state index in [1.807, 2.05) is 0 Å². The first-order chi connectivity index (χ1) is 8.74. The molecule has 5 heteroatoms. The van der Waals surface area contributed by atoms with Crippen LogP contribution in [0.4, 0.5) is 0 Å². The Bertz CT molecular complexity index is 473. The van der Waals surface area contributed by atoms with Crippen molar-refractivity contribution in [1.82, 2.24) is 0 Å². The molecule has 1 aromatic carbocycles. The van der Waals surface area contributed by atoms with Crippen LogP contribution in [0, 0.1) is 0 Å². The van der Waals surface area contributed by atoms with Crippen LogP contribution in [0.3, 0.4) is 0 Å². The molecule has 1 aliphatic rings. The second kappa shape index (κ2) is 4.58. The summed E-state index contributed by atoms with van der Waals surface area (Å²) in [4.78, 5) is 0. The Labute approximate surface area is 112 Å². The summed E-state index contributed by atoms with van der Waals surface area (Å²) in [5.74, 6) is 1.74. The van der Waals surface area contributed by atoms with Crippen molar-refractivity contribution in [3.8, 4) is 17.2 Å². The van der Waals surface area contributed by atoms with Gasteiger partial charge >= 0.3 is 0 Å². The second-order valence-electron chi connectivity index (χ2n) is 5.54. The van der Waals surface area contributed by atoms with E-state index >= 15 is 0 Å². The van der Waals surface area contributed by atoms with E-state index in [1.54, 1.807) is 40.0 Å². The normalized spacial score (nSPS) is 17.2. The first kappa shape index (κ1) is 14.0. The molecule has 0 spiro atoms. The molecule has 0 saturated carbocycles. The summed E-state index contributed by atoms with van der Waals surface area (Å²) >= 11 is 0. The molecule has 106 valence electrons. The van der Waals surface area contributed by atoms with E-state index in [1.165, 1.54) is 0 Å². The molecule has 1 atom stereocenters. The van der Waals surface area contributed by atoms with Crippen LogP contribution in [-0.4, -0.2) is 35.3 Å². The first-order valence-corrected chi connectivity index (χ1v) is 6.16. The summed E-state index contributed by atoms with van der Waals surface area (Å²) < 4.78 is 15.9. The van der Waals surface area contributed by atoms with Crippen LogP contribution in [0.15, 0.2) is 12.1 Å². The lowest BCUT2D eigenvalue weighted by atomic mass is 9.82. The number of benzene rings is 1. The lowest BCUT2D eigenvalue weighted by Gasteiger charge is -2.35. The zero-order valence-corrected chi connectivity index (χ0v) is 11.7. The Morgan fingerprint density at radius 3 is 2.47 bits per heavy atom. The molecule has 1 heterocycles. The van der Waals surface area contributed by atoms with Crippen molar-refractivity contribution >= 4 is 0 Å². The summed E-state index contributed by atoms with van der Waals surface area (Å²) in [5, 5.41) is 20.3. The summed E-state index contributed by atoms with van der Waals surface area (Å²) in [6.07, 6.45) is 0.281. The topological polar surface area (TPSA) is 68.2 Å². The van der Waals surface area contributed by atoms with E-state index in [0.717, 1.165) is 5.56 Å². The van der Waals surface area contributed by atoms with Gasteiger partial charge in [-0.1, -0.05) is 0 Å². The standard InChI is InChI=1S/C14H20O5/c1-13(2,15)14(3,16)7-9-5-10(17-4)12-11(6-9)18-8-19-12/h5-6,15-16H,7-8H2,1-4H3. The van der Waals surface area contributed by atoms with E-state index in [4.69, 9.17) is 14.2 Å². The van der Waals surface area contributed by atoms with Crippen LogP contribution in [0.1, 0.15) is 26.3 Å². The third-order valence-electron chi connectivity index (χ3n) is 3.58. The van der Waals surface area contributed by atoms with Gasteiger partial charge in [0.15, 0.2) is 11.5 Å². The fraction of sp³-hybridized carbons (Fsp3) is 0.571. The van der Waals surface area contributed by atoms with Crippen LogP contribution in [0.25, 0.3) is 0 Å². The van der Waals surface area contributed by atoms with E-state index in [0.29, 0.717) is 17.2 Å². The zero-order chi connectivity index (χ0) is 14.3. The third kappa shape index (κ3) is 2.62. The highest BCUT2D eigenvalue weighted by atomic mass is 16.7. The van der Waals surface area contributed by atoms with Crippen molar-refractivity contribution in [2.45, 2.75) is 38.4 Å². The van der Waals surface area contributed by atoms with Gasteiger partial charge in [0.05, 0.1) is 18.3 Å². The van der Waals surface area contributed by atoms with Crippen molar-refractivity contribution in [1.29, 1.82) is 0 Å². The lowest BCUT2D eigenvalue weighted by molar-refractivity contribution is -0.118. The number of methoxy groups -OCH3 is 1. The molecule has 0 saturated heterocycles. The number of hydrogen-bond donors (Lipinski definition) is 2. The Hall–Kier alpha value is -1.46. The fourth-order valence-corrected chi connectivity index (χ4v) is 1.90. The molecule has 1 unspecified atom stereocenters. The number of hydrogen-bond acceptors (Lipinski definition) is 5. The monoisotopic (exact) mass is 268 g/mol. The maximum atomic E-state index is 10.4. The zero-order valence-electron chi connectivity index (χ0n) is 11.7. The molecule has 2 N–H and O–H groups in total. The van der Waals surface area contributed by atoms with Crippen LogP contribution in [0.5, 0.6) is 17.2 Å². The largest absolute Gasteiger partial charge is 0.493 e. The maximum absolute atomic E-state index is 10.4. The molecule has 0 aromatic heterocycles. The molecular formula is C14H20O5. The van der Waals surface area contributed by atoms with Crippen LogP contribution >= 0.6 is 0 Å². The minimum atomic E-state index is -1.26. The Morgan fingerprint density at radius 2 is 1.89 bits per heavy atom. The average molecular weight is 268 g/mol. The lowest BCUT2D eigenvalue weighted by Crippen LogP contribution is -2.49. The molecule has 1 aliphatic heterocycles. The number of ether oxygens (including phenoxy) is 3. The number of rotatable bonds is 4. The van der Waals surface area contributed by atoms with Crippen molar-refractivity contribution < 1.29 is 24.4 Å². The van der Waals surface area contributed by atoms with Gasteiger partial charge in [0.2, 0.25) is 12.5 Å².